The second-order valence-corrected chi connectivity index (χ2v) is 9.15. The summed E-state index contributed by atoms with van der Waals surface area (Å²) in [6.45, 7) is 0. The van der Waals surface area contributed by atoms with E-state index < -0.39 is 7.12 Å². The molecular formula is C30H19BN9Tl. The molecular weight excluding hydrogens is 702 g/mol. The Morgan fingerprint density at radius 2 is 0.732 bits per heavy atom. The molecule has 0 N–H and O–H groups in total. The van der Waals surface area contributed by atoms with Gasteiger partial charge in [0, 0.05) is 35.3 Å². The molecule has 0 saturated heterocycles. The fourth-order valence-electron chi connectivity index (χ4n) is 4.82. The Bertz CT molecular complexity index is 1710. The Labute approximate surface area is 256 Å². The van der Waals surface area contributed by atoms with Crippen LogP contribution in [0.2, 0.25) is 0 Å². The number of aromatic nitrogens is 6. The molecule has 0 amide bonds. The van der Waals surface area contributed by atoms with E-state index in [9.17, 15) is 15.8 Å². The van der Waals surface area contributed by atoms with E-state index in [1.165, 1.54) is 0 Å². The molecule has 0 unspecified atom stereocenters. The van der Waals surface area contributed by atoms with Crippen LogP contribution in [0.25, 0.3) is 33.8 Å². The summed E-state index contributed by atoms with van der Waals surface area (Å²) in [5, 5.41) is 44.4. The van der Waals surface area contributed by atoms with Crippen LogP contribution in [0.15, 0.2) is 110 Å². The summed E-state index contributed by atoms with van der Waals surface area (Å²) in [6, 6.07) is 35.1. The molecule has 0 atom stereocenters. The second kappa shape index (κ2) is 11.9. The fourth-order valence-corrected chi connectivity index (χ4v) is 4.82. The van der Waals surface area contributed by atoms with Gasteiger partial charge in [0.2, 0.25) is 0 Å². The first kappa shape index (κ1) is 27.3. The molecule has 6 rings (SSSR count). The Morgan fingerprint density at radius 1 is 0.463 bits per heavy atom. The standard InChI is InChI=1S/C30H19BN9.Tl/c32-16-25-19-38(35-28(25)22-10-4-1-5-11-22)31(39-20-26(17-33)29(36-39)23-12-6-2-7-13-23)40-21-27(18-34)30(37-40)24-14-8-3-9-15-24;/h1-15,19-21,31H;/q-1;+1. The molecule has 3 aromatic heterocycles. The quantitative estimate of drug-likeness (QED) is 0.238. The van der Waals surface area contributed by atoms with Crippen LogP contribution in [0, 0.1) is 34.0 Å². The molecule has 0 aliphatic carbocycles. The van der Waals surface area contributed by atoms with Gasteiger partial charge < -0.3 is 13.8 Å². The summed E-state index contributed by atoms with van der Waals surface area (Å²) >= 11 is 0. The number of benzene rings is 3. The SMILES string of the molecule is N#Cc1cn([BH-](n2cc(C#N)c(-c3ccccc3)n2)n2cc(C#N)c(-c3ccccc3)n2)nc1-c1ccccc1.[Tl+]. The van der Waals surface area contributed by atoms with Gasteiger partial charge in [0.1, 0.15) is 35.3 Å². The summed E-state index contributed by atoms with van der Waals surface area (Å²) in [4.78, 5) is 0. The fraction of sp³-hybridized carbons (Fsp3) is 0. The van der Waals surface area contributed by atoms with Crippen LogP contribution < -0.4 is 0 Å². The van der Waals surface area contributed by atoms with Crippen molar-refractivity contribution in [2.45, 2.75) is 0 Å². The van der Waals surface area contributed by atoms with Gasteiger partial charge in [-0.1, -0.05) is 91.0 Å². The molecule has 6 aromatic rings. The number of hydrogen-bond acceptors (Lipinski definition) is 6. The topological polar surface area (TPSA) is 125 Å². The molecule has 0 spiro atoms. The zero-order chi connectivity index (χ0) is 27.5. The predicted molar refractivity (Wildman–Crippen MR) is 156 cm³/mol. The molecule has 0 bridgehead atoms. The van der Waals surface area contributed by atoms with Crippen molar-refractivity contribution in [3.63, 3.8) is 0 Å². The van der Waals surface area contributed by atoms with E-state index in [4.69, 9.17) is 15.3 Å². The van der Waals surface area contributed by atoms with Crippen molar-refractivity contribution >= 4 is 34.4 Å². The van der Waals surface area contributed by atoms with Crippen molar-refractivity contribution in [2.24, 2.45) is 0 Å². The van der Waals surface area contributed by atoms with Gasteiger partial charge in [-0.3, -0.25) is 0 Å². The zero-order valence-corrected chi connectivity index (χ0v) is 26.2. The van der Waals surface area contributed by atoms with Crippen molar-refractivity contribution in [3.8, 4) is 52.0 Å². The van der Waals surface area contributed by atoms with Crippen LogP contribution in [-0.2, 0) is 0 Å². The second-order valence-electron chi connectivity index (χ2n) is 9.15. The van der Waals surface area contributed by atoms with Gasteiger partial charge in [0.15, 0.2) is 0 Å². The maximum atomic E-state index is 9.96. The minimum Gasteiger partial charge on any atom is -0.401 e. The molecule has 0 aliphatic heterocycles. The minimum atomic E-state index is -2.01. The zero-order valence-electron chi connectivity index (χ0n) is 21.7. The molecule has 0 saturated carbocycles. The molecule has 0 radical (unpaired) electrons. The molecule has 190 valence electrons. The van der Waals surface area contributed by atoms with E-state index >= 15 is 0 Å². The average molecular weight is 721 g/mol. The molecule has 3 heterocycles. The van der Waals surface area contributed by atoms with Crippen molar-refractivity contribution < 1.29 is 0 Å². The molecule has 0 fully saturated rings. The Hall–Kier alpha value is -5.25. The summed E-state index contributed by atoms with van der Waals surface area (Å²) in [7, 11) is -2.01. The molecule has 11 heteroatoms. The van der Waals surface area contributed by atoms with Gasteiger partial charge >= 0.3 is 34.4 Å². The largest absolute Gasteiger partial charge is 1.00 e. The van der Waals surface area contributed by atoms with Crippen LogP contribution >= 0.6 is 0 Å². The smallest absolute Gasteiger partial charge is 0.401 e. The number of nitriles is 3. The maximum absolute atomic E-state index is 9.96. The summed E-state index contributed by atoms with van der Waals surface area (Å²) < 4.78 is 4.98. The monoisotopic (exact) mass is 721 g/mol. The maximum Gasteiger partial charge on any atom is 1.00 e. The van der Waals surface area contributed by atoms with Gasteiger partial charge in [-0.15, -0.1) is 0 Å². The Balaban J connectivity index is 0.00000337. The third-order valence-electron chi connectivity index (χ3n) is 6.66. The van der Waals surface area contributed by atoms with Gasteiger partial charge in [-0.2, -0.15) is 15.8 Å². The number of rotatable bonds is 6. The van der Waals surface area contributed by atoms with Crippen LogP contribution in [0.1, 0.15) is 16.7 Å². The average Bonchev–Trinajstić information content (AvgIpc) is 3.76. The summed E-state index contributed by atoms with van der Waals surface area (Å²) in [5.41, 5.74) is 5.10. The van der Waals surface area contributed by atoms with E-state index in [-0.39, 0.29) is 27.3 Å². The molecule has 3 aromatic carbocycles. The normalized spacial score (nSPS) is 10.4. The predicted octanol–water partition coefficient (Wildman–Crippen LogP) is 4.17. The van der Waals surface area contributed by atoms with Crippen LogP contribution in [-0.4, -0.2) is 63.5 Å². The van der Waals surface area contributed by atoms with Gasteiger partial charge in [0.25, 0.3) is 0 Å². The van der Waals surface area contributed by atoms with Crippen LogP contribution in [0.3, 0.4) is 0 Å². The van der Waals surface area contributed by atoms with E-state index in [0.717, 1.165) is 16.7 Å². The van der Waals surface area contributed by atoms with Crippen molar-refractivity contribution in [2.75, 3.05) is 0 Å². The van der Waals surface area contributed by atoms with E-state index in [2.05, 4.69) is 18.2 Å². The minimum absolute atomic E-state index is 0. The number of hydrogen-bond donors (Lipinski definition) is 0. The van der Waals surface area contributed by atoms with E-state index in [1.807, 2.05) is 91.0 Å². The summed E-state index contributed by atoms with van der Waals surface area (Å²) in [5.74, 6) is 0. The van der Waals surface area contributed by atoms with Crippen molar-refractivity contribution in [1.82, 2.24) is 29.1 Å². The molecule has 41 heavy (non-hydrogen) atoms. The Morgan fingerprint density at radius 3 is 0.976 bits per heavy atom. The third kappa shape index (κ3) is 5.19. The van der Waals surface area contributed by atoms with Crippen molar-refractivity contribution in [3.05, 3.63) is 126 Å². The number of nitrogens with zero attached hydrogens (tertiary/aromatic N) is 9. The first-order valence-electron chi connectivity index (χ1n) is 12.5. The van der Waals surface area contributed by atoms with E-state index in [0.29, 0.717) is 33.8 Å². The van der Waals surface area contributed by atoms with Crippen molar-refractivity contribution in [1.29, 1.82) is 15.8 Å². The molecule has 0 aliphatic rings. The van der Waals surface area contributed by atoms with Gasteiger partial charge in [0.05, 0.1) is 16.7 Å². The first-order chi connectivity index (χ1) is 19.7. The molecule has 9 nitrogen and oxygen atoms in total. The van der Waals surface area contributed by atoms with Crippen LogP contribution in [0.5, 0.6) is 0 Å². The van der Waals surface area contributed by atoms with Gasteiger partial charge in [-0.05, 0) is 0 Å². The van der Waals surface area contributed by atoms with Crippen LogP contribution in [0.4, 0.5) is 0 Å². The first-order valence-corrected chi connectivity index (χ1v) is 12.5. The van der Waals surface area contributed by atoms with E-state index in [1.54, 1.807) is 32.4 Å². The third-order valence-corrected chi connectivity index (χ3v) is 6.66. The summed E-state index contributed by atoms with van der Waals surface area (Å²) in [6.07, 6.45) is 4.98. The van der Waals surface area contributed by atoms with Gasteiger partial charge in [-0.25, -0.2) is 15.3 Å². The Kier molecular flexibility index (Phi) is 7.91.